The Bertz CT molecular complexity index is 750. The maximum absolute atomic E-state index is 13.6. The van der Waals surface area contributed by atoms with Crippen LogP contribution < -0.4 is 0 Å². The van der Waals surface area contributed by atoms with Crippen molar-refractivity contribution in [1.82, 2.24) is 9.88 Å². The van der Waals surface area contributed by atoms with Crippen LogP contribution in [-0.4, -0.2) is 28.6 Å². The molecule has 0 radical (unpaired) electrons. The van der Waals surface area contributed by atoms with Crippen molar-refractivity contribution in [1.29, 1.82) is 0 Å². The molecular weight excluding hydrogens is 326 g/mol. The fourth-order valence-electron chi connectivity index (χ4n) is 2.74. The van der Waals surface area contributed by atoms with Crippen LogP contribution in [0, 0.1) is 11.6 Å². The third-order valence-electron chi connectivity index (χ3n) is 4.14. The summed E-state index contributed by atoms with van der Waals surface area (Å²) in [7, 11) is 1.68. The number of hydrogen-bond acceptors (Lipinski definition) is 3. The molecular formula is C19H20F2N2O2. The van der Waals surface area contributed by atoms with Crippen molar-refractivity contribution in [2.75, 3.05) is 7.05 Å². The first-order chi connectivity index (χ1) is 11.9. The SMILES string of the molecule is CCC(c1ccncc1)N(C)C(=O)CCC(=O)c1ccc(F)cc1F. The molecule has 6 heteroatoms. The molecule has 0 bridgehead atoms. The average molecular weight is 346 g/mol. The van der Waals surface area contributed by atoms with Crippen molar-refractivity contribution in [3.05, 3.63) is 65.5 Å². The Hall–Kier alpha value is -2.63. The van der Waals surface area contributed by atoms with Gasteiger partial charge in [0.1, 0.15) is 11.6 Å². The number of amides is 1. The fraction of sp³-hybridized carbons (Fsp3) is 0.316. The number of rotatable bonds is 7. The quantitative estimate of drug-likeness (QED) is 0.714. The van der Waals surface area contributed by atoms with Gasteiger partial charge in [0.2, 0.25) is 5.91 Å². The van der Waals surface area contributed by atoms with Crippen molar-refractivity contribution in [2.24, 2.45) is 0 Å². The molecule has 132 valence electrons. The zero-order chi connectivity index (χ0) is 18.4. The van der Waals surface area contributed by atoms with Crippen LogP contribution in [0.1, 0.15) is 48.1 Å². The maximum atomic E-state index is 13.6. The van der Waals surface area contributed by atoms with E-state index in [-0.39, 0.29) is 30.4 Å². The number of nitrogens with zero attached hydrogens (tertiary/aromatic N) is 2. The number of carbonyl (C=O) groups is 2. The van der Waals surface area contributed by atoms with Crippen LogP contribution in [0.25, 0.3) is 0 Å². The van der Waals surface area contributed by atoms with E-state index in [1.165, 1.54) is 0 Å². The molecule has 0 saturated carbocycles. The molecule has 2 rings (SSSR count). The molecule has 0 aliphatic carbocycles. The van der Waals surface area contributed by atoms with E-state index < -0.39 is 17.4 Å². The van der Waals surface area contributed by atoms with Crippen LogP contribution >= 0.6 is 0 Å². The first-order valence-corrected chi connectivity index (χ1v) is 8.07. The predicted octanol–water partition coefficient (Wildman–Crippen LogP) is 3.93. The Kier molecular flexibility index (Phi) is 6.33. The number of pyridine rings is 1. The summed E-state index contributed by atoms with van der Waals surface area (Å²) in [6.07, 6.45) is 3.88. The van der Waals surface area contributed by atoms with Gasteiger partial charge in [0.05, 0.1) is 11.6 Å². The third-order valence-corrected chi connectivity index (χ3v) is 4.14. The summed E-state index contributed by atoms with van der Waals surface area (Å²) < 4.78 is 26.5. The highest BCUT2D eigenvalue weighted by molar-refractivity contribution is 5.98. The lowest BCUT2D eigenvalue weighted by molar-refractivity contribution is -0.132. The Morgan fingerprint density at radius 1 is 1.12 bits per heavy atom. The standard InChI is InChI=1S/C19H20F2N2O2/c1-3-17(13-8-10-22-11-9-13)23(2)19(25)7-6-18(24)15-5-4-14(20)12-16(15)21/h4-5,8-12,17H,3,6-7H2,1-2H3. The van der Waals surface area contributed by atoms with Crippen molar-refractivity contribution < 1.29 is 18.4 Å². The second-order valence-corrected chi connectivity index (χ2v) is 5.76. The third kappa shape index (κ3) is 4.68. The summed E-state index contributed by atoms with van der Waals surface area (Å²) in [5.41, 5.74) is 0.766. The number of hydrogen-bond donors (Lipinski definition) is 0. The molecule has 1 atom stereocenters. The second kappa shape index (κ2) is 8.46. The van der Waals surface area contributed by atoms with Crippen LogP contribution in [0.4, 0.5) is 8.78 Å². The van der Waals surface area contributed by atoms with Gasteiger partial charge in [-0.15, -0.1) is 0 Å². The maximum Gasteiger partial charge on any atom is 0.223 e. The van der Waals surface area contributed by atoms with Gasteiger partial charge < -0.3 is 4.90 Å². The van der Waals surface area contributed by atoms with Gasteiger partial charge in [0.25, 0.3) is 0 Å². The molecule has 1 unspecified atom stereocenters. The van der Waals surface area contributed by atoms with E-state index in [2.05, 4.69) is 4.98 Å². The Labute approximate surface area is 145 Å². The number of halogens is 2. The normalized spacial score (nSPS) is 11.8. The lowest BCUT2D eigenvalue weighted by Gasteiger charge is -2.27. The number of carbonyl (C=O) groups excluding carboxylic acids is 2. The fourth-order valence-corrected chi connectivity index (χ4v) is 2.74. The van der Waals surface area contributed by atoms with E-state index in [0.717, 1.165) is 17.7 Å². The van der Waals surface area contributed by atoms with Crippen molar-refractivity contribution in [2.45, 2.75) is 32.2 Å². The molecule has 1 aromatic heterocycles. The molecule has 0 N–H and O–H groups in total. The van der Waals surface area contributed by atoms with Gasteiger partial charge in [-0.1, -0.05) is 6.92 Å². The minimum absolute atomic E-state index is 0.0340. The first-order valence-electron chi connectivity index (χ1n) is 8.07. The minimum atomic E-state index is -0.908. The number of ketones is 1. The van der Waals surface area contributed by atoms with E-state index in [1.807, 2.05) is 19.1 Å². The summed E-state index contributed by atoms with van der Waals surface area (Å²) in [6, 6.07) is 6.37. The highest BCUT2D eigenvalue weighted by Gasteiger charge is 2.21. The molecule has 0 aliphatic heterocycles. The van der Waals surface area contributed by atoms with E-state index in [0.29, 0.717) is 12.5 Å². The number of aromatic nitrogens is 1. The van der Waals surface area contributed by atoms with Gasteiger partial charge in [0.15, 0.2) is 5.78 Å². The molecule has 4 nitrogen and oxygen atoms in total. The largest absolute Gasteiger partial charge is 0.339 e. The molecule has 0 spiro atoms. The van der Waals surface area contributed by atoms with Gasteiger partial charge in [-0.25, -0.2) is 8.78 Å². The summed E-state index contributed by atoms with van der Waals surface area (Å²) in [5.74, 6) is -2.38. The van der Waals surface area contributed by atoms with Gasteiger partial charge in [-0.2, -0.15) is 0 Å². The van der Waals surface area contributed by atoms with Gasteiger partial charge >= 0.3 is 0 Å². The van der Waals surface area contributed by atoms with Gasteiger partial charge in [-0.05, 0) is 36.2 Å². The Balaban J connectivity index is 2.00. The van der Waals surface area contributed by atoms with Gasteiger partial charge in [0, 0.05) is 38.3 Å². The minimum Gasteiger partial charge on any atom is -0.339 e. The van der Waals surface area contributed by atoms with Crippen LogP contribution in [-0.2, 0) is 4.79 Å². The van der Waals surface area contributed by atoms with Crippen molar-refractivity contribution >= 4 is 11.7 Å². The average Bonchev–Trinajstić information content (AvgIpc) is 2.60. The molecule has 0 fully saturated rings. The van der Waals surface area contributed by atoms with Crippen molar-refractivity contribution in [3.63, 3.8) is 0 Å². The molecule has 1 aromatic carbocycles. The predicted molar refractivity (Wildman–Crippen MR) is 90.0 cm³/mol. The molecule has 2 aromatic rings. The van der Waals surface area contributed by atoms with E-state index in [4.69, 9.17) is 0 Å². The summed E-state index contributed by atoms with van der Waals surface area (Å²) in [4.78, 5) is 30.0. The second-order valence-electron chi connectivity index (χ2n) is 5.76. The zero-order valence-corrected chi connectivity index (χ0v) is 14.2. The zero-order valence-electron chi connectivity index (χ0n) is 14.2. The first kappa shape index (κ1) is 18.7. The van der Waals surface area contributed by atoms with Crippen LogP contribution in [0.5, 0.6) is 0 Å². The summed E-state index contributed by atoms with van der Waals surface area (Å²) in [5, 5.41) is 0. The van der Waals surface area contributed by atoms with Crippen LogP contribution in [0.3, 0.4) is 0 Å². The lowest BCUT2D eigenvalue weighted by atomic mass is 10.0. The monoisotopic (exact) mass is 346 g/mol. The number of Topliss-reactive ketones (excluding diaryl/α,β-unsaturated/α-hetero) is 1. The summed E-state index contributed by atoms with van der Waals surface area (Å²) >= 11 is 0. The topological polar surface area (TPSA) is 50.3 Å². The van der Waals surface area contributed by atoms with Gasteiger partial charge in [-0.3, -0.25) is 14.6 Å². The Morgan fingerprint density at radius 2 is 1.80 bits per heavy atom. The Morgan fingerprint density at radius 3 is 2.40 bits per heavy atom. The highest BCUT2D eigenvalue weighted by atomic mass is 19.1. The molecule has 0 saturated heterocycles. The summed E-state index contributed by atoms with van der Waals surface area (Å²) in [6.45, 7) is 1.97. The van der Waals surface area contributed by atoms with Crippen LogP contribution in [0.15, 0.2) is 42.7 Å². The highest BCUT2D eigenvalue weighted by Crippen LogP contribution is 2.23. The molecule has 1 heterocycles. The van der Waals surface area contributed by atoms with E-state index in [9.17, 15) is 18.4 Å². The van der Waals surface area contributed by atoms with E-state index in [1.54, 1.807) is 24.3 Å². The van der Waals surface area contributed by atoms with E-state index >= 15 is 0 Å². The lowest BCUT2D eigenvalue weighted by Crippen LogP contribution is -2.31. The van der Waals surface area contributed by atoms with Crippen molar-refractivity contribution in [3.8, 4) is 0 Å². The smallest absolute Gasteiger partial charge is 0.223 e. The molecule has 1 amide bonds. The number of benzene rings is 1. The molecule has 25 heavy (non-hydrogen) atoms. The van der Waals surface area contributed by atoms with Crippen LogP contribution in [0.2, 0.25) is 0 Å². The molecule has 0 aliphatic rings.